The van der Waals surface area contributed by atoms with Crippen LogP contribution in [0.15, 0.2) is 35.2 Å². The topological polar surface area (TPSA) is 223 Å². The molecule has 0 radical (unpaired) electrons. The molecule has 4 N–H and O–H groups in total. The third-order valence-corrected chi connectivity index (χ3v) is 12.4. The fraction of sp³-hybridized carbons (Fsp3) is 0.757. The van der Waals surface area contributed by atoms with Crippen LogP contribution in [0.2, 0.25) is 0 Å². The Kier molecular flexibility index (Phi) is 14.5. The molecule has 4 rings (SSSR count). The molecule has 1 aromatic rings. The third-order valence-electron chi connectivity index (χ3n) is 10.9. The monoisotopic (exact) mass is 787 g/mol. The number of carbonyl (C=O) groups excluding carboxylic acids is 3. The normalized spacial score (nSPS) is 36.0. The van der Waals surface area contributed by atoms with E-state index in [1.165, 1.54) is 26.2 Å². The van der Waals surface area contributed by atoms with Crippen LogP contribution < -0.4 is 4.72 Å². The van der Waals surface area contributed by atoms with Gasteiger partial charge in [0.1, 0.15) is 23.9 Å². The maximum Gasteiger partial charge on any atom is 0.312 e. The van der Waals surface area contributed by atoms with Gasteiger partial charge in [-0.15, -0.1) is 0 Å². The molecule has 15 atom stereocenters. The molecule has 3 heterocycles. The highest BCUT2D eigenvalue weighted by Crippen LogP contribution is 2.43. The SMILES string of the molecule is CC[C@@H](OC(=O)[C@H](C)[C@@H](O[C@H]1C[C@@](C)(OC)[C@@H](O)[C@H](C)O1)[C@H](C)[C@@H](O[C@@H]1O[C@H](O)C[C@H](NS(=O)(=O)c2ccccc2)[C@H]1O)[C@@]1(C)C[C@@H](C)C(=O)O1)C(C)=O. The predicted molar refractivity (Wildman–Crippen MR) is 190 cm³/mol. The van der Waals surface area contributed by atoms with Crippen molar-refractivity contribution in [3.05, 3.63) is 30.3 Å². The van der Waals surface area contributed by atoms with Crippen molar-refractivity contribution >= 4 is 27.7 Å². The van der Waals surface area contributed by atoms with E-state index in [0.717, 1.165) is 0 Å². The zero-order chi connectivity index (χ0) is 40.3. The molecule has 0 saturated carbocycles. The second-order valence-electron chi connectivity index (χ2n) is 15.3. The Morgan fingerprint density at radius 1 is 1.04 bits per heavy atom. The number of esters is 2. The van der Waals surface area contributed by atoms with Crippen molar-refractivity contribution in [3.63, 3.8) is 0 Å². The lowest BCUT2D eigenvalue weighted by molar-refractivity contribution is -0.331. The smallest absolute Gasteiger partial charge is 0.312 e. The minimum absolute atomic E-state index is 0.0414. The van der Waals surface area contributed by atoms with Gasteiger partial charge >= 0.3 is 11.9 Å². The van der Waals surface area contributed by atoms with Crippen LogP contribution in [0.5, 0.6) is 0 Å². The van der Waals surface area contributed by atoms with Gasteiger partial charge in [-0.1, -0.05) is 39.0 Å². The number of hydrogen-bond acceptors (Lipinski definition) is 15. The number of methoxy groups -OCH3 is 1. The van der Waals surface area contributed by atoms with Gasteiger partial charge in [0, 0.05) is 32.3 Å². The zero-order valence-corrected chi connectivity index (χ0v) is 33.2. The molecule has 306 valence electrons. The lowest BCUT2D eigenvalue weighted by Crippen LogP contribution is -2.61. The predicted octanol–water partition coefficient (Wildman–Crippen LogP) is 1.96. The summed E-state index contributed by atoms with van der Waals surface area (Å²) in [5.41, 5.74) is -2.52. The molecule has 0 spiro atoms. The van der Waals surface area contributed by atoms with Crippen LogP contribution in [-0.4, -0.2) is 121 Å². The summed E-state index contributed by atoms with van der Waals surface area (Å²) in [4.78, 5) is 38.9. The number of benzene rings is 1. The molecule has 16 nitrogen and oxygen atoms in total. The Balaban J connectivity index is 1.72. The molecule has 3 saturated heterocycles. The van der Waals surface area contributed by atoms with E-state index in [0.29, 0.717) is 0 Å². The summed E-state index contributed by atoms with van der Waals surface area (Å²) in [6, 6.07) is 6.22. The Morgan fingerprint density at radius 2 is 1.69 bits per heavy atom. The number of ether oxygens (including phenoxy) is 7. The highest BCUT2D eigenvalue weighted by Gasteiger charge is 2.55. The quantitative estimate of drug-likeness (QED) is 0.176. The molecule has 17 heteroatoms. The van der Waals surface area contributed by atoms with Crippen LogP contribution in [0.25, 0.3) is 0 Å². The second-order valence-corrected chi connectivity index (χ2v) is 17.0. The lowest BCUT2D eigenvalue weighted by atomic mass is 9.79. The van der Waals surface area contributed by atoms with E-state index in [1.807, 2.05) is 0 Å². The van der Waals surface area contributed by atoms with E-state index in [1.54, 1.807) is 66.7 Å². The van der Waals surface area contributed by atoms with Crippen LogP contribution in [0.3, 0.4) is 0 Å². The van der Waals surface area contributed by atoms with E-state index in [-0.39, 0.29) is 36.4 Å². The van der Waals surface area contributed by atoms with Gasteiger partial charge in [0.15, 0.2) is 30.8 Å². The van der Waals surface area contributed by atoms with Gasteiger partial charge in [0.25, 0.3) is 0 Å². The van der Waals surface area contributed by atoms with Gasteiger partial charge in [0.05, 0.1) is 40.6 Å². The Bertz CT molecular complexity index is 1560. The average molecular weight is 788 g/mol. The molecule has 3 fully saturated rings. The maximum atomic E-state index is 13.8. The van der Waals surface area contributed by atoms with Gasteiger partial charge in [-0.3, -0.25) is 14.4 Å². The highest BCUT2D eigenvalue weighted by molar-refractivity contribution is 7.89. The van der Waals surface area contributed by atoms with Crippen molar-refractivity contribution < 1.29 is 71.3 Å². The van der Waals surface area contributed by atoms with Crippen LogP contribution in [0, 0.1) is 17.8 Å². The summed E-state index contributed by atoms with van der Waals surface area (Å²) in [6.07, 6.45) is -11.1. The number of Topliss-reactive ketones (excluding diaryl/α,β-unsaturated/α-hetero) is 1. The van der Waals surface area contributed by atoms with Gasteiger partial charge in [-0.25, -0.2) is 13.1 Å². The first kappa shape index (κ1) is 44.1. The molecule has 3 aliphatic heterocycles. The minimum atomic E-state index is -4.16. The number of hydrogen-bond donors (Lipinski definition) is 4. The largest absolute Gasteiger partial charge is 0.456 e. The van der Waals surface area contributed by atoms with Crippen molar-refractivity contribution in [2.75, 3.05) is 7.11 Å². The van der Waals surface area contributed by atoms with Gasteiger partial charge in [-0.2, -0.15) is 0 Å². The van der Waals surface area contributed by atoms with Crippen LogP contribution in [0.1, 0.15) is 81.1 Å². The number of carbonyl (C=O) groups is 3. The van der Waals surface area contributed by atoms with Crippen molar-refractivity contribution in [2.45, 2.75) is 159 Å². The summed E-state index contributed by atoms with van der Waals surface area (Å²) in [5.74, 6) is -4.25. The summed E-state index contributed by atoms with van der Waals surface area (Å²) in [7, 11) is -2.71. The standard InChI is InChI=1S/C37H57NO15S/c1-10-26(22(5)39)49-34(44)21(4)30(51-28-18-36(7,47-9)31(42)23(6)48-28)20(3)32(37(8)17-19(2)33(43)53-37)52-35-29(41)25(16-27(40)50-35)38-54(45,46)24-14-12-11-13-15-24/h11-15,19-21,23,25-32,35,38,40-42H,10,16-18H2,1-9H3/t19-,20+,21-,23+,25+,26-,27+,28+,29-,30+,31+,32-,35+,36-,37-/m1/s1. The van der Waals surface area contributed by atoms with E-state index in [4.69, 9.17) is 33.2 Å². The van der Waals surface area contributed by atoms with Gasteiger partial charge < -0.3 is 48.5 Å². The number of sulfonamides is 1. The number of cyclic esters (lactones) is 1. The third kappa shape index (κ3) is 9.86. The minimum Gasteiger partial charge on any atom is -0.456 e. The van der Waals surface area contributed by atoms with Gasteiger partial charge in [-0.05, 0) is 53.2 Å². The van der Waals surface area contributed by atoms with Crippen LogP contribution in [0.4, 0.5) is 0 Å². The molecule has 3 aliphatic rings. The van der Waals surface area contributed by atoms with Crippen LogP contribution in [-0.2, 0) is 57.6 Å². The Hall–Kier alpha value is -2.58. The number of nitrogens with one attached hydrogen (secondary N) is 1. The maximum absolute atomic E-state index is 13.8. The molecule has 0 bridgehead atoms. The molecular weight excluding hydrogens is 730 g/mol. The number of aliphatic hydroxyl groups excluding tert-OH is 3. The molecular formula is C37H57NO15S. The fourth-order valence-electron chi connectivity index (χ4n) is 7.62. The molecule has 0 aliphatic carbocycles. The van der Waals surface area contributed by atoms with E-state index >= 15 is 0 Å². The molecule has 1 aromatic carbocycles. The first-order valence-corrected chi connectivity index (χ1v) is 19.9. The molecule has 0 amide bonds. The number of rotatable bonds is 16. The van der Waals surface area contributed by atoms with Crippen molar-refractivity contribution in [1.29, 1.82) is 0 Å². The summed E-state index contributed by atoms with van der Waals surface area (Å²) in [5, 5.41) is 33.2. The van der Waals surface area contributed by atoms with Crippen molar-refractivity contribution in [1.82, 2.24) is 4.72 Å². The zero-order valence-electron chi connectivity index (χ0n) is 32.4. The summed E-state index contributed by atoms with van der Waals surface area (Å²) in [6.45, 7) is 12.9. The lowest BCUT2D eigenvalue weighted by Gasteiger charge is -2.48. The number of ketones is 1. The van der Waals surface area contributed by atoms with Crippen LogP contribution >= 0.6 is 0 Å². The average Bonchev–Trinajstić information content (AvgIpc) is 3.39. The highest BCUT2D eigenvalue weighted by atomic mass is 32.2. The van der Waals surface area contributed by atoms with E-state index in [2.05, 4.69) is 4.72 Å². The Morgan fingerprint density at radius 3 is 2.24 bits per heavy atom. The first-order valence-electron chi connectivity index (χ1n) is 18.4. The van der Waals surface area contributed by atoms with Crippen molar-refractivity contribution in [3.8, 4) is 0 Å². The fourth-order valence-corrected chi connectivity index (χ4v) is 8.90. The second kappa shape index (κ2) is 17.7. The molecule has 54 heavy (non-hydrogen) atoms. The number of aliphatic hydroxyl groups is 3. The van der Waals surface area contributed by atoms with Crippen molar-refractivity contribution in [2.24, 2.45) is 17.8 Å². The Labute approximate surface area is 317 Å². The summed E-state index contributed by atoms with van der Waals surface area (Å²) < 4.78 is 70.8. The van der Waals surface area contributed by atoms with Gasteiger partial charge in [0.2, 0.25) is 10.0 Å². The van der Waals surface area contributed by atoms with E-state index < -0.39 is 112 Å². The summed E-state index contributed by atoms with van der Waals surface area (Å²) >= 11 is 0. The first-order chi connectivity index (χ1) is 25.2. The van der Waals surface area contributed by atoms with E-state index in [9.17, 15) is 38.1 Å². The molecule has 0 unspecified atom stereocenters. The molecule has 0 aromatic heterocycles.